The fourth-order valence-corrected chi connectivity index (χ4v) is 4.53. The second-order valence-corrected chi connectivity index (χ2v) is 8.52. The van der Waals surface area contributed by atoms with Crippen molar-refractivity contribution in [2.75, 3.05) is 0 Å². The maximum absolute atomic E-state index is 12.0. The van der Waals surface area contributed by atoms with Crippen LogP contribution in [-0.2, 0) is 0 Å². The number of benzene rings is 2. The van der Waals surface area contributed by atoms with E-state index in [1.807, 2.05) is 47.9 Å². The molecule has 0 saturated carbocycles. The van der Waals surface area contributed by atoms with Crippen LogP contribution in [0.3, 0.4) is 0 Å². The third kappa shape index (κ3) is 3.53. The van der Waals surface area contributed by atoms with E-state index < -0.39 is 5.91 Å². The number of primary amides is 1. The van der Waals surface area contributed by atoms with E-state index in [9.17, 15) is 4.79 Å². The van der Waals surface area contributed by atoms with E-state index >= 15 is 0 Å². The standard InChI is InChI=1S/C20H15BrClN3O2S/c1-11(13-4-2-3-5-14(13)22)27-17-9-18(28-19(17)20(23)26)25-10-24-15-8-12(21)6-7-16(15)25/h2-11H,1H3,(H2,23,26). The van der Waals surface area contributed by atoms with E-state index in [2.05, 4.69) is 20.9 Å². The van der Waals surface area contributed by atoms with Gasteiger partial charge >= 0.3 is 0 Å². The molecule has 0 aliphatic heterocycles. The second-order valence-electron chi connectivity index (χ2n) is 6.17. The number of thiophene rings is 1. The van der Waals surface area contributed by atoms with Gasteiger partial charge in [-0.25, -0.2) is 4.98 Å². The molecule has 1 amide bonds. The van der Waals surface area contributed by atoms with Crippen LogP contribution in [0.15, 0.2) is 59.3 Å². The Bertz CT molecular complexity index is 1190. The number of amides is 1. The van der Waals surface area contributed by atoms with Crippen LogP contribution in [-0.4, -0.2) is 15.5 Å². The number of hydrogen-bond donors (Lipinski definition) is 1. The lowest BCUT2D eigenvalue weighted by Crippen LogP contribution is -2.12. The Kier molecular flexibility index (Phi) is 5.14. The highest BCUT2D eigenvalue weighted by Crippen LogP contribution is 2.37. The third-order valence-corrected chi connectivity index (χ3v) is 6.27. The molecule has 2 heterocycles. The molecule has 2 N–H and O–H groups in total. The number of carbonyl (C=O) groups excluding carboxylic acids is 1. The van der Waals surface area contributed by atoms with Crippen LogP contribution in [0.1, 0.15) is 28.3 Å². The quantitative estimate of drug-likeness (QED) is 0.399. The summed E-state index contributed by atoms with van der Waals surface area (Å²) in [5.74, 6) is -0.108. The first kappa shape index (κ1) is 19.0. The first-order valence-corrected chi connectivity index (χ1v) is 10.4. The summed E-state index contributed by atoms with van der Waals surface area (Å²) in [7, 11) is 0. The average molecular weight is 477 g/mol. The Morgan fingerprint density at radius 1 is 1.29 bits per heavy atom. The van der Waals surface area contributed by atoms with E-state index in [4.69, 9.17) is 22.1 Å². The van der Waals surface area contributed by atoms with Crippen LogP contribution in [0, 0.1) is 0 Å². The van der Waals surface area contributed by atoms with Gasteiger partial charge in [-0.3, -0.25) is 9.36 Å². The molecule has 28 heavy (non-hydrogen) atoms. The van der Waals surface area contributed by atoms with Crippen LogP contribution in [0.25, 0.3) is 16.0 Å². The zero-order chi connectivity index (χ0) is 19.8. The first-order chi connectivity index (χ1) is 13.4. The number of halogens is 2. The number of imidazole rings is 1. The van der Waals surface area contributed by atoms with Crippen molar-refractivity contribution >= 4 is 55.8 Å². The molecule has 4 rings (SSSR count). The molecule has 2 aromatic heterocycles. The lowest BCUT2D eigenvalue weighted by atomic mass is 10.1. The predicted molar refractivity (Wildman–Crippen MR) is 116 cm³/mol. The maximum Gasteiger partial charge on any atom is 0.262 e. The van der Waals surface area contributed by atoms with E-state index in [0.717, 1.165) is 26.1 Å². The third-order valence-electron chi connectivity index (χ3n) is 4.30. The maximum atomic E-state index is 12.0. The van der Waals surface area contributed by atoms with E-state index in [1.54, 1.807) is 18.5 Å². The highest BCUT2D eigenvalue weighted by atomic mass is 79.9. The lowest BCUT2D eigenvalue weighted by Gasteiger charge is -2.16. The lowest BCUT2D eigenvalue weighted by molar-refractivity contribution is 0.0998. The SMILES string of the molecule is CC(Oc1cc(-n2cnc3cc(Br)ccc32)sc1C(N)=O)c1ccccc1Cl. The van der Waals surface area contributed by atoms with Gasteiger partial charge in [-0.2, -0.15) is 0 Å². The number of ether oxygens (including phenoxy) is 1. The van der Waals surface area contributed by atoms with Crippen LogP contribution in [0.4, 0.5) is 0 Å². The molecule has 0 spiro atoms. The van der Waals surface area contributed by atoms with Crippen molar-refractivity contribution in [1.82, 2.24) is 9.55 Å². The van der Waals surface area contributed by atoms with Crippen molar-refractivity contribution in [3.63, 3.8) is 0 Å². The predicted octanol–water partition coefficient (Wildman–Crippen LogP) is 5.74. The fourth-order valence-electron chi connectivity index (χ4n) is 2.96. The number of aromatic nitrogens is 2. The molecule has 5 nitrogen and oxygen atoms in total. The molecule has 8 heteroatoms. The molecule has 0 aliphatic carbocycles. The van der Waals surface area contributed by atoms with Gasteiger partial charge in [0.1, 0.15) is 28.1 Å². The molecule has 0 saturated heterocycles. The Balaban J connectivity index is 1.73. The number of nitrogens with zero attached hydrogens (tertiary/aromatic N) is 2. The fraction of sp³-hybridized carbons (Fsp3) is 0.100. The molecule has 0 fully saturated rings. The Morgan fingerprint density at radius 3 is 2.82 bits per heavy atom. The summed E-state index contributed by atoms with van der Waals surface area (Å²) in [4.78, 5) is 16.8. The van der Waals surface area contributed by atoms with Gasteiger partial charge in [-0.05, 0) is 31.2 Å². The molecule has 142 valence electrons. The summed E-state index contributed by atoms with van der Waals surface area (Å²) in [6.45, 7) is 1.88. The summed E-state index contributed by atoms with van der Waals surface area (Å²) in [5, 5.41) is 1.40. The molecular weight excluding hydrogens is 462 g/mol. The molecule has 1 unspecified atom stereocenters. The van der Waals surface area contributed by atoms with Gasteiger partial charge in [-0.15, -0.1) is 11.3 Å². The normalized spacial score (nSPS) is 12.2. The van der Waals surface area contributed by atoms with Gasteiger partial charge in [0.05, 0.1) is 11.0 Å². The van der Waals surface area contributed by atoms with Crippen LogP contribution < -0.4 is 10.5 Å². The van der Waals surface area contributed by atoms with Gasteiger partial charge < -0.3 is 10.5 Å². The van der Waals surface area contributed by atoms with Crippen LogP contribution in [0.2, 0.25) is 5.02 Å². The number of fused-ring (bicyclic) bond motifs is 1. The zero-order valence-corrected chi connectivity index (χ0v) is 17.9. The summed E-state index contributed by atoms with van der Waals surface area (Å²) in [6.07, 6.45) is 1.37. The highest BCUT2D eigenvalue weighted by Gasteiger charge is 2.20. The molecule has 0 aliphatic rings. The van der Waals surface area contributed by atoms with Crippen LogP contribution in [0.5, 0.6) is 5.75 Å². The van der Waals surface area contributed by atoms with Gasteiger partial charge in [0.25, 0.3) is 5.91 Å². The topological polar surface area (TPSA) is 70.1 Å². The van der Waals surface area contributed by atoms with Crippen molar-refractivity contribution in [3.8, 4) is 10.8 Å². The molecule has 0 radical (unpaired) electrons. The molecule has 4 aromatic rings. The molecule has 0 bridgehead atoms. The summed E-state index contributed by atoms with van der Waals surface area (Å²) in [6, 6.07) is 15.1. The van der Waals surface area contributed by atoms with E-state index in [0.29, 0.717) is 15.6 Å². The minimum atomic E-state index is -0.537. The van der Waals surface area contributed by atoms with Crippen molar-refractivity contribution in [3.05, 3.63) is 74.8 Å². The van der Waals surface area contributed by atoms with Gasteiger partial charge in [0, 0.05) is 21.1 Å². The van der Waals surface area contributed by atoms with Crippen molar-refractivity contribution < 1.29 is 9.53 Å². The number of carbonyl (C=O) groups is 1. The average Bonchev–Trinajstić information content (AvgIpc) is 3.25. The Hall–Kier alpha value is -2.35. The van der Waals surface area contributed by atoms with Gasteiger partial charge in [0.15, 0.2) is 0 Å². The minimum absolute atomic E-state index is 0.343. The van der Waals surface area contributed by atoms with Gasteiger partial charge in [-0.1, -0.05) is 45.7 Å². The van der Waals surface area contributed by atoms with E-state index in [1.165, 1.54) is 11.3 Å². The smallest absolute Gasteiger partial charge is 0.262 e. The monoisotopic (exact) mass is 475 g/mol. The molecular formula is C20H15BrClN3O2S. The number of hydrogen-bond acceptors (Lipinski definition) is 4. The first-order valence-electron chi connectivity index (χ1n) is 8.41. The van der Waals surface area contributed by atoms with Crippen LogP contribution >= 0.6 is 38.9 Å². The highest BCUT2D eigenvalue weighted by molar-refractivity contribution is 9.10. The second kappa shape index (κ2) is 7.58. The van der Waals surface area contributed by atoms with Gasteiger partial charge in [0.2, 0.25) is 0 Å². The summed E-state index contributed by atoms with van der Waals surface area (Å²) in [5.41, 5.74) is 8.20. The summed E-state index contributed by atoms with van der Waals surface area (Å²) >= 11 is 11.0. The van der Waals surface area contributed by atoms with Crippen molar-refractivity contribution in [2.45, 2.75) is 13.0 Å². The largest absolute Gasteiger partial charge is 0.484 e. The summed E-state index contributed by atoms with van der Waals surface area (Å²) < 4.78 is 8.93. The van der Waals surface area contributed by atoms with Crippen molar-refractivity contribution in [1.29, 1.82) is 0 Å². The zero-order valence-electron chi connectivity index (χ0n) is 14.7. The molecule has 2 aromatic carbocycles. The van der Waals surface area contributed by atoms with E-state index in [-0.39, 0.29) is 6.10 Å². The minimum Gasteiger partial charge on any atom is -0.484 e. The Morgan fingerprint density at radius 2 is 2.07 bits per heavy atom. The number of nitrogens with two attached hydrogens (primary N) is 1. The van der Waals surface area contributed by atoms with Crippen molar-refractivity contribution in [2.24, 2.45) is 5.73 Å². The Labute approximate surface area is 178 Å². The number of rotatable bonds is 5. The molecule has 1 atom stereocenters.